The molecule has 0 aliphatic heterocycles. The number of ether oxygens (including phenoxy) is 1. The van der Waals surface area contributed by atoms with Crippen LogP contribution in [0, 0.1) is 0 Å². The van der Waals surface area contributed by atoms with E-state index in [0.29, 0.717) is 12.4 Å². The summed E-state index contributed by atoms with van der Waals surface area (Å²) in [5, 5.41) is 0. The minimum atomic E-state index is -0.159. The van der Waals surface area contributed by atoms with Crippen LogP contribution in [-0.4, -0.2) is 6.61 Å². The second-order valence-electron chi connectivity index (χ2n) is 5.92. The third kappa shape index (κ3) is 8.71. The molecule has 0 saturated heterocycles. The Kier molecular flexibility index (Phi) is 10.2. The van der Waals surface area contributed by atoms with Crippen molar-refractivity contribution in [2.24, 2.45) is 0 Å². The summed E-state index contributed by atoms with van der Waals surface area (Å²) in [7, 11) is 0. The highest BCUT2D eigenvalue weighted by Gasteiger charge is 1.96. The summed E-state index contributed by atoms with van der Waals surface area (Å²) in [5.74, 6) is 0.713. The zero-order chi connectivity index (χ0) is 16.0. The Labute approximate surface area is 134 Å². The second-order valence-corrected chi connectivity index (χ2v) is 5.92. The summed E-state index contributed by atoms with van der Waals surface area (Å²) in [5.41, 5.74) is 5.66. The average Bonchev–Trinajstić information content (AvgIpc) is 2.68. The van der Waals surface area contributed by atoms with Gasteiger partial charge in [-0.25, -0.2) is 0 Å². The minimum absolute atomic E-state index is 0.159. The van der Waals surface area contributed by atoms with Crippen molar-refractivity contribution < 1.29 is 4.74 Å². The first-order valence-corrected chi connectivity index (χ1v) is 8.76. The predicted octanol–water partition coefficient (Wildman–Crippen LogP) is 4.93. The number of unbranched alkanes of at least 4 members (excludes halogenated alkanes) is 9. The maximum absolute atomic E-state index is 11.4. The molecule has 0 unspecified atom stereocenters. The molecule has 0 aromatic heterocycles. The molecule has 1 aromatic carbocycles. The number of anilines is 1. The molecule has 0 bridgehead atoms. The fourth-order valence-electron chi connectivity index (χ4n) is 2.44. The van der Waals surface area contributed by atoms with Gasteiger partial charge in [0.1, 0.15) is 5.75 Å². The SMILES string of the molecule is CCCCCCCCCCCCOc1ccc(N)c(=O)cc1. The maximum Gasteiger partial charge on any atom is 0.201 e. The minimum Gasteiger partial charge on any atom is -0.494 e. The number of hydrogen-bond donors (Lipinski definition) is 1. The molecule has 3 nitrogen and oxygen atoms in total. The van der Waals surface area contributed by atoms with Crippen molar-refractivity contribution in [3.8, 4) is 5.75 Å². The monoisotopic (exact) mass is 305 g/mol. The van der Waals surface area contributed by atoms with Crippen LogP contribution in [0.3, 0.4) is 0 Å². The van der Waals surface area contributed by atoms with E-state index >= 15 is 0 Å². The van der Waals surface area contributed by atoms with Gasteiger partial charge in [-0.3, -0.25) is 4.79 Å². The highest BCUT2D eigenvalue weighted by Crippen LogP contribution is 2.12. The molecular weight excluding hydrogens is 274 g/mol. The molecule has 0 heterocycles. The maximum atomic E-state index is 11.4. The van der Waals surface area contributed by atoms with Gasteiger partial charge in [-0.2, -0.15) is 0 Å². The van der Waals surface area contributed by atoms with E-state index in [9.17, 15) is 4.79 Å². The van der Waals surface area contributed by atoms with Gasteiger partial charge in [0.15, 0.2) is 0 Å². The average molecular weight is 305 g/mol. The third-order valence-electron chi connectivity index (χ3n) is 3.88. The second kappa shape index (κ2) is 12.1. The summed E-state index contributed by atoms with van der Waals surface area (Å²) in [6, 6.07) is 6.52. The lowest BCUT2D eigenvalue weighted by Gasteiger charge is -2.05. The first-order chi connectivity index (χ1) is 10.7. The van der Waals surface area contributed by atoms with E-state index in [1.54, 1.807) is 18.2 Å². The lowest BCUT2D eigenvalue weighted by atomic mass is 10.1. The van der Waals surface area contributed by atoms with Crippen LogP contribution in [0.5, 0.6) is 5.75 Å². The Bertz CT molecular complexity index is 459. The Morgan fingerprint density at radius 1 is 0.818 bits per heavy atom. The van der Waals surface area contributed by atoms with E-state index in [1.165, 1.54) is 63.9 Å². The Morgan fingerprint density at radius 3 is 2.00 bits per heavy atom. The Balaban J connectivity index is 2.00. The molecule has 0 aliphatic carbocycles. The van der Waals surface area contributed by atoms with Crippen LogP contribution in [0.15, 0.2) is 29.1 Å². The molecular formula is C19H31NO2. The standard InChI is InChI=1S/C19H31NO2/c1-2-3-4-5-6-7-8-9-10-11-16-22-17-12-14-18(20)19(21)15-13-17/h12-15H,2-11,16H2,1H3,(H2,20,21). The molecule has 3 heteroatoms. The number of nitrogen functional groups attached to an aromatic ring is 1. The van der Waals surface area contributed by atoms with Gasteiger partial charge in [0, 0.05) is 0 Å². The van der Waals surface area contributed by atoms with Crippen molar-refractivity contribution in [2.75, 3.05) is 12.3 Å². The normalized spacial score (nSPS) is 10.6. The molecule has 1 aromatic rings. The quantitative estimate of drug-likeness (QED) is 0.557. The van der Waals surface area contributed by atoms with E-state index in [1.807, 2.05) is 0 Å². The Hall–Kier alpha value is -1.51. The van der Waals surface area contributed by atoms with Gasteiger partial charge in [0.05, 0.1) is 12.3 Å². The summed E-state index contributed by atoms with van der Waals surface area (Å²) in [4.78, 5) is 11.4. The summed E-state index contributed by atoms with van der Waals surface area (Å²) in [6.07, 6.45) is 13.1. The van der Waals surface area contributed by atoms with Crippen molar-refractivity contribution in [3.63, 3.8) is 0 Å². The topological polar surface area (TPSA) is 52.3 Å². The van der Waals surface area contributed by atoms with Gasteiger partial charge in [0.2, 0.25) is 5.43 Å². The van der Waals surface area contributed by atoms with Gasteiger partial charge in [-0.05, 0) is 30.7 Å². The summed E-state index contributed by atoms with van der Waals surface area (Å²) < 4.78 is 5.65. The van der Waals surface area contributed by atoms with Crippen molar-refractivity contribution in [3.05, 3.63) is 34.5 Å². The van der Waals surface area contributed by atoms with Crippen molar-refractivity contribution >= 4 is 5.69 Å². The lowest BCUT2D eigenvalue weighted by molar-refractivity contribution is 0.304. The molecule has 0 spiro atoms. The van der Waals surface area contributed by atoms with E-state index in [2.05, 4.69) is 6.92 Å². The molecule has 0 fully saturated rings. The van der Waals surface area contributed by atoms with Crippen LogP contribution < -0.4 is 15.9 Å². The van der Waals surface area contributed by atoms with Crippen molar-refractivity contribution in [1.82, 2.24) is 0 Å². The van der Waals surface area contributed by atoms with E-state index in [-0.39, 0.29) is 11.1 Å². The fraction of sp³-hybridized carbons (Fsp3) is 0.632. The van der Waals surface area contributed by atoms with Crippen LogP contribution in [0.25, 0.3) is 0 Å². The zero-order valence-electron chi connectivity index (χ0n) is 14.0. The molecule has 2 N–H and O–H groups in total. The lowest BCUT2D eigenvalue weighted by Crippen LogP contribution is -2.01. The van der Waals surface area contributed by atoms with Crippen LogP contribution in [0.2, 0.25) is 0 Å². The molecule has 1 rings (SSSR count). The molecule has 0 radical (unpaired) electrons. The highest BCUT2D eigenvalue weighted by molar-refractivity contribution is 5.39. The fourth-order valence-corrected chi connectivity index (χ4v) is 2.44. The smallest absolute Gasteiger partial charge is 0.201 e. The van der Waals surface area contributed by atoms with Gasteiger partial charge < -0.3 is 10.5 Å². The summed E-state index contributed by atoms with van der Waals surface area (Å²) >= 11 is 0. The first kappa shape index (κ1) is 18.5. The molecule has 22 heavy (non-hydrogen) atoms. The molecule has 0 saturated carbocycles. The van der Waals surface area contributed by atoms with Crippen molar-refractivity contribution in [1.29, 1.82) is 0 Å². The van der Waals surface area contributed by atoms with E-state index in [0.717, 1.165) is 6.42 Å². The van der Waals surface area contributed by atoms with E-state index in [4.69, 9.17) is 10.5 Å². The van der Waals surface area contributed by atoms with Crippen LogP contribution in [0.1, 0.15) is 71.1 Å². The summed E-state index contributed by atoms with van der Waals surface area (Å²) in [6.45, 7) is 2.96. The Morgan fingerprint density at radius 2 is 1.36 bits per heavy atom. The van der Waals surface area contributed by atoms with Crippen molar-refractivity contribution in [2.45, 2.75) is 71.1 Å². The van der Waals surface area contributed by atoms with Gasteiger partial charge in [-0.1, -0.05) is 64.7 Å². The third-order valence-corrected chi connectivity index (χ3v) is 3.88. The predicted molar refractivity (Wildman–Crippen MR) is 94.5 cm³/mol. The number of nitrogens with two attached hydrogens (primary N) is 1. The number of rotatable bonds is 12. The molecule has 0 aliphatic rings. The van der Waals surface area contributed by atoms with Crippen LogP contribution >= 0.6 is 0 Å². The van der Waals surface area contributed by atoms with Crippen LogP contribution in [-0.2, 0) is 0 Å². The largest absolute Gasteiger partial charge is 0.494 e. The van der Waals surface area contributed by atoms with Crippen LogP contribution in [0.4, 0.5) is 5.69 Å². The molecule has 0 atom stereocenters. The molecule has 124 valence electrons. The zero-order valence-corrected chi connectivity index (χ0v) is 14.0. The number of hydrogen-bond acceptors (Lipinski definition) is 3. The van der Waals surface area contributed by atoms with Gasteiger partial charge in [-0.15, -0.1) is 0 Å². The highest BCUT2D eigenvalue weighted by atomic mass is 16.5. The van der Waals surface area contributed by atoms with Gasteiger partial charge in [0.25, 0.3) is 0 Å². The first-order valence-electron chi connectivity index (χ1n) is 8.76. The molecule has 0 amide bonds. The van der Waals surface area contributed by atoms with E-state index < -0.39 is 0 Å². The van der Waals surface area contributed by atoms with Gasteiger partial charge >= 0.3 is 0 Å².